The van der Waals surface area contributed by atoms with Gasteiger partial charge in [-0.15, -0.1) is 0 Å². The van der Waals surface area contributed by atoms with Crippen molar-refractivity contribution >= 4 is 50.5 Å². The molecule has 2 N–H and O–H groups in total. The standard InChI is InChI=1S/C14H14Cl2N4O4S/c1-8-3-4-9(5-11(8)19-25(2,23)24)18-12(21)7-20-14(22)13(16)10(15)6-17-20/h3-6,19H,7H2,1-2H3,(H,18,21). The molecule has 1 amide bonds. The maximum Gasteiger partial charge on any atom is 0.287 e. The number of benzene rings is 1. The van der Waals surface area contributed by atoms with Gasteiger partial charge in [0.25, 0.3) is 5.56 Å². The van der Waals surface area contributed by atoms with Gasteiger partial charge >= 0.3 is 0 Å². The van der Waals surface area contributed by atoms with Gasteiger partial charge in [-0.3, -0.25) is 14.3 Å². The Morgan fingerprint density at radius 1 is 1.32 bits per heavy atom. The fourth-order valence-electron chi connectivity index (χ4n) is 1.90. The zero-order chi connectivity index (χ0) is 18.8. The largest absolute Gasteiger partial charge is 0.324 e. The molecule has 0 saturated carbocycles. The molecule has 0 aliphatic heterocycles. The highest BCUT2D eigenvalue weighted by molar-refractivity contribution is 7.92. The minimum Gasteiger partial charge on any atom is -0.324 e. The zero-order valence-electron chi connectivity index (χ0n) is 13.2. The van der Waals surface area contributed by atoms with Gasteiger partial charge in [0.05, 0.1) is 23.2 Å². The Hall–Kier alpha value is -2.10. The van der Waals surface area contributed by atoms with Gasteiger partial charge in [0.2, 0.25) is 15.9 Å². The molecule has 8 nitrogen and oxygen atoms in total. The number of hydrogen-bond acceptors (Lipinski definition) is 5. The topological polar surface area (TPSA) is 110 Å². The maximum absolute atomic E-state index is 12.1. The number of amides is 1. The average molecular weight is 405 g/mol. The first-order valence-electron chi connectivity index (χ1n) is 6.86. The molecule has 0 saturated heterocycles. The number of sulfonamides is 1. The Morgan fingerprint density at radius 3 is 2.64 bits per heavy atom. The van der Waals surface area contributed by atoms with E-state index in [1.165, 1.54) is 12.3 Å². The number of aromatic nitrogens is 2. The van der Waals surface area contributed by atoms with Crippen LogP contribution in [0.4, 0.5) is 11.4 Å². The Balaban J connectivity index is 2.17. The molecule has 1 aromatic heterocycles. The minimum atomic E-state index is -3.45. The molecule has 2 rings (SSSR count). The van der Waals surface area contributed by atoms with E-state index < -0.39 is 21.5 Å². The van der Waals surface area contributed by atoms with Crippen LogP contribution in [0, 0.1) is 6.92 Å². The summed E-state index contributed by atoms with van der Waals surface area (Å²) in [5.74, 6) is -0.540. The first kappa shape index (κ1) is 19.2. The number of nitrogens with one attached hydrogen (secondary N) is 2. The van der Waals surface area contributed by atoms with Gasteiger partial charge in [0, 0.05) is 5.69 Å². The molecule has 0 unspecified atom stereocenters. The van der Waals surface area contributed by atoms with Crippen LogP contribution >= 0.6 is 23.2 Å². The van der Waals surface area contributed by atoms with Crippen LogP contribution in [-0.2, 0) is 21.4 Å². The van der Waals surface area contributed by atoms with Crippen molar-refractivity contribution in [3.05, 3.63) is 50.4 Å². The Bertz CT molecular complexity index is 989. The molecule has 25 heavy (non-hydrogen) atoms. The molecule has 0 atom stereocenters. The second kappa shape index (κ2) is 7.42. The molecule has 0 spiro atoms. The summed E-state index contributed by atoms with van der Waals surface area (Å²) in [6.07, 6.45) is 2.19. The second-order valence-corrected chi connectivity index (χ2v) is 7.76. The van der Waals surface area contributed by atoms with Crippen LogP contribution in [0.1, 0.15) is 5.56 Å². The fourth-order valence-corrected chi connectivity index (χ4v) is 2.79. The van der Waals surface area contributed by atoms with Crippen LogP contribution in [0.2, 0.25) is 10.0 Å². The fraction of sp³-hybridized carbons (Fsp3) is 0.214. The smallest absolute Gasteiger partial charge is 0.287 e. The molecule has 0 radical (unpaired) electrons. The van der Waals surface area contributed by atoms with Crippen molar-refractivity contribution < 1.29 is 13.2 Å². The second-order valence-electron chi connectivity index (χ2n) is 5.22. The van der Waals surface area contributed by atoms with Crippen LogP contribution in [0.3, 0.4) is 0 Å². The number of rotatable bonds is 5. The minimum absolute atomic E-state index is 0.00153. The van der Waals surface area contributed by atoms with Crippen molar-refractivity contribution in [3.63, 3.8) is 0 Å². The van der Waals surface area contributed by atoms with Crippen molar-refractivity contribution in [1.29, 1.82) is 0 Å². The van der Waals surface area contributed by atoms with E-state index in [9.17, 15) is 18.0 Å². The molecule has 1 aromatic carbocycles. The van der Waals surface area contributed by atoms with E-state index in [-0.39, 0.29) is 16.6 Å². The van der Waals surface area contributed by atoms with Crippen LogP contribution < -0.4 is 15.6 Å². The summed E-state index contributed by atoms with van der Waals surface area (Å²) in [7, 11) is -3.45. The van der Waals surface area contributed by atoms with E-state index in [0.29, 0.717) is 16.9 Å². The molecule has 1 heterocycles. The highest BCUT2D eigenvalue weighted by Gasteiger charge is 2.12. The van der Waals surface area contributed by atoms with E-state index in [0.717, 1.165) is 10.9 Å². The SMILES string of the molecule is Cc1ccc(NC(=O)Cn2ncc(Cl)c(Cl)c2=O)cc1NS(C)(=O)=O. The number of halogens is 2. The maximum atomic E-state index is 12.1. The number of aryl methyl sites for hydroxylation is 1. The normalized spacial score (nSPS) is 11.2. The third-order valence-electron chi connectivity index (χ3n) is 3.05. The molecule has 134 valence electrons. The molecule has 11 heteroatoms. The third kappa shape index (κ3) is 5.18. The molecular weight excluding hydrogens is 391 g/mol. The van der Waals surface area contributed by atoms with Gasteiger partial charge < -0.3 is 5.32 Å². The number of carbonyl (C=O) groups is 1. The quantitative estimate of drug-likeness (QED) is 0.789. The monoisotopic (exact) mass is 404 g/mol. The molecule has 0 fully saturated rings. The summed E-state index contributed by atoms with van der Waals surface area (Å²) in [6, 6.07) is 4.72. The molecule has 0 bridgehead atoms. The van der Waals surface area contributed by atoms with Gasteiger partial charge in [-0.25, -0.2) is 13.1 Å². The van der Waals surface area contributed by atoms with Gasteiger partial charge in [-0.05, 0) is 24.6 Å². The van der Waals surface area contributed by atoms with E-state index >= 15 is 0 Å². The predicted molar refractivity (Wildman–Crippen MR) is 96.8 cm³/mol. The lowest BCUT2D eigenvalue weighted by Crippen LogP contribution is -2.29. The van der Waals surface area contributed by atoms with Gasteiger partial charge in [0.15, 0.2) is 0 Å². The van der Waals surface area contributed by atoms with Crippen molar-refractivity contribution in [3.8, 4) is 0 Å². The van der Waals surface area contributed by atoms with Gasteiger partial charge in [-0.2, -0.15) is 5.10 Å². The van der Waals surface area contributed by atoms with Crippen molar-refractivity contribution in [2.45, 2.75) is 13.5 Å². The molecule has 2 aromatic rings. The highest BCUT2D eigenvalue weighted by Crippen LogP contribution is 2.21. The molecule has 0 aliphatic rings. The molecule has 0 aliphatic carbocycles. The van der Waals surface area contributed by atoms with E-state index in [1.807, 2.05) is 0 Å². The van der Waals surface area contributed by atoms with Crippen molar-refractivity contribution in [1.82, 2.24) is 9.78 Å². The van der Waals surface area contributed by atoms with Crippen LogP contribution in [-0.4, -0.2) is 30.4 Å². The number of nitrogens with zero attached hydrogens (tertiary/aromatic N) is 2. The van der Waals surface area contributed by atoms with E-state index in [4.69, 9.17) is 23.2 Å². The molecular formula is C14H14Cl2N4O4S. The van der Waals surface area contributed by atoms with Crippen LogP contribution in [0.5, 0.6) is 0 Å². The Morgan fingerprint density at radius 2 is 2.00 bits per heavy atom. The van der Waals surface area contributed by atoms with Crippen LogP contribution in [0.15, 0.2) is 29.2 Å². The lowest BCUT2D eigenvalue weighted by molar-refractivity contribution is -0.117. The summed E-state index contributed by atoms with van der Waals surface area (Å²) in [4.78, 5) is 23.9. The van der Waals surface area contributed by atoms with E-state index in [1.54, 1.807) is 19.1 Å². The summed E-state index contributed by atoms with van der Waals surface area (Å²) >= 11 is 11.4. The number of carbonyl (C=O) groups excluding carboxylic acids is 1. The predicted octanol–water partition coefficient (Wildman–Crippen LogP) is 1.87. The van der Waals surface area contributed by atoms with E-state index in [2.05, 4.69) is 15.1 Å². The highest BCUT2D eigenvalue weighted by atomic mass is 35.5. The van der Waals surface area contributed by atoms with Crippen molar-refractivity contribution in [2.75, 3.05) is 16.3 Å². The summed E-state index contributed by atoms with van der Waals surface area (Å²) < 4.78 is 25.9. The lowest BCUT2D eigenvalue weighted by atomic mass is 10.2. The lowest BCUT2D eigenvalue weighted by Gasteiger charge is -2.11. The Kier molecular flexibility index (Phi) is 5.71. The van der Waals surface area contributed by atoms with Crippen molar-refractivity contribution in [2.24, 2.45) is 0 Å². The van der Waals surface area contributed by atoms with Gasteiger partial charge in [-0.1, -0.05) is 29.3 Å². The zero-order valence-corrected chi connectivity index (χ0v) is 15.5. The average Bonchev–Trinajstić information content (AvgIpc) is 2.50. The number of hydrogen-bond donors (Lipinski definition) is 2. The summed E-state index contributed by atoms with van der Waals surface area (Å²) in [5, 5.41) is 6.07. The summed E-state index contributed by atoms with van der Waals surface area (Å²) in [6.45, 7) is 1.34. The first-order valence-corrected chi connectivity index (χ1v) is 9.51. The third-order valence-corrected chi connectivity index (χ3v) is 4.39. The first-order chi connectivity index (χ1) is 11.6. The Labute approximate surface area is 153 Å². The van der Waals surface area contributed by atoms with Gasteiger partial charge in [0.1, 0.15) is 11.6 Å². The van der Waals surface area contributed by atoms with Crippen LogP contribution in [0.25, 0.3) is 0 Å². The summed E-state index contributed by atoms with van der Waals surface area (Å²) in [5.41, 5.74) is 0.693. The number of anilines is 2.